The summed E-state index contributed by atoms with van der Waals surface area (Å²) in [5, 5.41) is 2.02. The molecule has 0 bridgehead atoms. The van der Waals surface area contributed by atoms with Crippen LogP contribution in [0.5, 0.6) is 0 Å². The summed E-state index contributed by atoms with van der Waals surface area (Å²) in [4.78, 5) is 15.9. The van der Waals surface area contributed by atoms with Gasteiger partial charge in [0.1, 0.15) is 17.0 Å². The largest absolute Gasteiger partial charge is 0.465 e. The van der Waals surface area contributed by atoms with E-state index in [4.69, 9.17) is 4.74 Å². The third-order valence-electron chi connectivity index (χ3n) is 2.47. The van der Waals surface area contributed by atoms with Gasteiger partial charge in [0.2, 0.25) is 0 Å². The van der Waals surface area contributed by atoms with Crippen LogP contribution < -0.4 is 0 Å². The molecule has 0 unspecified atom stereocenters. The number of carbonyl (C=O) groups excluding carboxylic acids is 1. The average molecular weight is 311 g/mol. The molecule has 0 saturated carbocycles. The highest BCUT2D eigenvalue weighted by molar-refractivity contribution is 7.09. The first-order valence-corrected chi connectivity index (χ1v) is 6.81. The molecule has 0 aliphatic heterocycles. The SMILES string of the molecule is CCOC(=O)C(C)(C)c1csc(COCC(F)(F)F)n1. The zero-order valence-electron chi connectivity index (χ0n) is 11.4. The second kappa shape index (κ2) is 6.53. The molecule has 4 nitrogen and oxygen atoms in total. The van der Waals surface area contributed by atoms with Crippen LogP contribution in [0.4, 0.5) is 13.2 Å². The van der Waals surface area contributed by atoms with Gasteiger partial charge in [-0.25, -0.2) is 4.98 Å². The molecule has 20 heavy (non-hydrogen) atoms. The Bertz CT molecular complexity index is 457. The molecule has 0 aliphatic rings. The van der Waals surface area contributed by atoms with Crippen molar-refractivity contribution >= 4 is 17.3 Å². The molecule has 0 saturated heterocycles. The zero-order valence-corrected chi connectivity index (χ0v) is 12.2. The fraction of sp³-hybridized carbons (Fsp3) is 0.667. The maximum atomic E-state index is 11.9. The standard InChI is InChI=1S/C12H16F3NO3S/c1-4-19-10(17)11(2,3)8-6-20-9(16-8)5-18-7-12(13,14)15/h6H,4-5,7H2,1-3H3. The highest BCUT2D eigenvalue weighted by Crippen LogP contribution is 2.27. The van der Waals surface area contributed by atoms with Gasteiger partial charge in [-0.05, 0) is 20.8 Å². The summed E-state index contributed by atoms with van der Waals surface area (Å²) in [7, 11) is 0. The molecule has 0 radical (unpaired) electrons. The minimum absolute atomic E-state index is 0.233. The van der Waals surface area contributed by atoms with E-state index in [2.05, 4.69) is 9.72 Å². The van der Waals surface area contributed by atoms with Crippen LogP contribution in [0.25, 0.3) is 0 Å². The average Bonchev–Trinajstić information content (AvgIpc) is 2.77. The van der Waals surface area contributed by atoms with Gasteiger partial charge in [-0.15, -0.1) is 11.3 Å². The van der Waals surface area contributed by atoms with Crippen LogP contribution in [0.15, 0.2) is 5.38 Å². The highest BCUT2D eigenvalue weighted by Gasteiger charge is 2.34. The van der Waals surface area contributed by atoms with Crippen molar-refractivity contribution in [3.05, 3.63) is 16.1 Å². The molecule has 0 amide bonds. The Morgan fingerprint density at radius 1 is 1.40 bits per heavy atom. The minimum Gasteiger partial charge on any atom is -0.465 e. The van der Waals surface area contributed by atoms with E-state index in [1.807, 2.05) is 0 Å². The first kappa shape index (κ1) is 16.9. The fourth-order valence-corrected chi connectivity index (χ4v) is 2.23. The predicted molar refractivity (Wildman–Crippen MR) is 67.5 cm³/mol. The third-order valence-corrected chi connectivity index (χ3v) is 3.29. The second-order valence-corrected chi connectivity index (χ2v) is 5.52. The van der Waals surface area contributed by atoms with E-state index in [0.717, 1.165) is 11.3 Å². The Kier molecular flexibility index (Phi) is 5.52. The monoisotopic (exact) mass is 311 g/mol. The van der Waals surface area contributed by atoms with Gasteiger partial charge in [0.05, 0.1) is 18.9 Å². The number of hydrogen-bond donors (Lipinski definition) is 0. The van der Waals surface area contributed by atoms with Gasteiger partial charge in [-0.3, -0.25) is 4.79 Å². The molecule has 0 N–H and O–H groups in total. The van der Waals surface area contributed by atoms with Crippen molar-refractivity contribution in [1.29, 1.82) is 0 Å². The lowest BCUT2D eigenvalue weighted by Crippen LogP contribution is -2.31. The Morgan fingerprint density at radius 3 is 2.60 bits per heavy atom. The molecule has 0 aromatic carbocycles. The van der Waals surface area contributed by atoms with Crippen molar-refractivity contribution in [2.75, 3.05) is 13.2 Å². The first-order valence-electron chi connectivity index (χ1n) is 5.93. The molecule has 0 aliphatic carbocycles. The minimum atomic E-state index is -4.36. The number of aromatic nitrogens is 1. The van der Waals surface area contributed by atoms with Crippen molar-refractivity contribution in [3.8, 4) is 0 Å². The van der Waals surface area contributed by atoms with Gasteiger partial charge in [0.15, 0.2) is 0 Å². The van der Waals surface area contributed by atoms with Crippen molar-refractivity contribution in [3.63, 3.8) is 0 Å². The third kappa shape index (κ3) is 4.75. The van der Waals surface area contributed by atoms with Gasteiger partial charge >= 0.3 is 12.1 Å². The lowest BCUT2D eigenvalue weighted by molar-refractivity contribution is -0.176. The lowest BCUT2D eigenvalue weighted by Gasteiger charge is -2.19. The molecule has 1 aromatic heterocycles. The van der Waals surface area contributed by atoms with E-state index in [1.54, 1.807) is 26.2 Å². The van der Waals surface area contributed by atoms with Gasteiger partial charge in [0.25, 0.3) is 0 Å². The van der Waals surface area contributed by atoms with Crippen molar-refractivity contribution in [2.24, 2.45) is 0 Å². The molecule has 114 valence electrons. The molecule has 8 heteroatoms. The van der Waals surface area contributed by atoms with Crippen LogP contribution in [-0.4, -0.2) is 30.3 Å². The summed E-state index contributed by atoms with van der Waals surface area (Å²) in [6.45, 7) is 3.71. The second-order valence-electron chi connectivity index (χ2n) is 4.58. The highest BCUT2D eigenvalue weighted by atomic mass is 32.1. The Hall–Kier alpha value is -1.15. The number of thiazole rings is 1. The smallest absolute Gasteiger partial charge is 0.411 e. The quantitative estimate of drug-likeness (QED) is 0.758. The van der Waals surface area contributed by atoms with Crippen LogP contribution in [0.2, 0.25) is 0 Å². The summed E-state index contributed by atoms with van der Waals surface area (Å²) in [5.41, 5.74) is -0.471. The van der Waals surface area contributed by atoms with E-state index in [0.29, 0.717) is 10.7 Å². The van der Waals surface area contributed by atoms with E-state index in [9.17, 15) is 18.0 Å². The zero-order chi connectivity index (χ0) is 15.4. The molecule has 0 spiro atoms. The van der Waals surface area contributed by atoms with E-state index in [-0.39, 0.29) is 13.2 Å². The number of hydrogen-bond acceptors (Lipinski definition) is 5. The molecule has 1 rings (SSSR count). The van der Waals surface area contributed by atoms with Gasteiger partial charge in [-0.1, -0.05) is 0 Å². The topological polar surface area (TPSA) is 48.4 Å². The number of nitrogens with zero attached hydrogens (tertiary/aromatic N) is 1. The number of alkyl halides is 3. The van der Waals surface area contributed by atoms with Crippen LogP contribution in [0, 0.1) is 0 Å². The van der Waals surface area contributed by atoms with Gasteiger partial charge < -0.3 is 9.47 Å². The summed E-state index contributed by atoms with van der Waals surface area (Å²) in [5.74, 6) is -0.423. The molecule has 1 aromatic rings. The maximum Gasteiger partial charge on any atom is 0.411 e. The number of rotatable bonds is 6. The molecule has 0 fully saturated rings. The maximum absolute atomic E-state index is 11.9. The molecule has 0 atom stereocenters. The van der Waals surface area contributed by atoms with Crippen molar-refractivity contribution < 1.29 is 27.4 Å². The normalized spacial score (nSPS) is 12.5. The van der Waals surface area contributed by atoms with Crippen LogP contribution in [0.3, 0.4) is 0 Å². The predicted octanol–water partition coefficient (Wildman–Crippen LogP) is 3.06. The summed E-state index contributed by atoms with van der Waals surface area (Å²) in [6, 6.07) is 0. The van der Waals surface area contributed by atoms with Gasteiger partial charge in [-0.2, -0.15) is 13.2 Å². The Balaban J connectivity index is 2.65. The number of carbonyl (C=O) groups is 1. The Labute approximate surface area is 118 Å². The fourth-order valence-electron chi connectivity index (χ4n) is 1.33. The van der Waals surface area contributed by atoms with Crippen molar-refractivity contribution in [2.45, 2.75) is 39.0 Å². The van der Waals surface area contributed by atoms with E-state index in [1.165, 1.54) is 0 Å². The first-order chi connectivity index (χ1) is 9.16. The van der Waals surface area contributed by atoms with Crippen LogP contribution in [0.1, 0.15) is 31.5 Å². The van der Waals surface area contributed by atoms with E-state index < -0.39 is 24.2 Å². The number of ether oxygens (including phenoxy) is 2. The molecular weight excluding hydrogens is 295 g/mol. The van der Waals surface area contributed by atoms with Crippen LogP contribution in [-0.2, 0) is 26.3 Å². The number of esters is 1. The molecular formula is C12H16F3NO3S. The summed E-state index contributed by atoms with van der Waals surface area (Å²) in [6.07, 6.45) is -4.36. The van der Waals surface area contributed by atoms with Gasteiger partial charge in [0, 0.05) is 5.38 Å². The summed E-state index contributed by atoms with van der Waals surface area (Å²) < 4.78 is 45.3. The lowest BCUT2D eigenvalue weighted by atomic mass is 9.90. The molecule has 1 heterocycles. The Morgan fingerprint density at radius 2 is 2.05 bits per heavy atom. The van der Waals surface area contributed by atoms with E-state index >= 15 is 0 Å². The number of halogens is 3. The van der Waals surface area contributed by atoms with Crippen molar-refractivity contribution in [1.82, 2.24) is 4.98 Å². The summed E-state index contributed by atoms with van der Waals surface area (Å²) >= 11 is 1.15. The van der Waals surface area contributed by atoms with Crippen LogP contribution >= 0.6 is 11.3 Å².